The molecule has 0 aromatic heterocycles. The van der Waals surface area contributed by atoms with E-state index in [-0.39, 0.29) is 0 Å². The Bertz CT molecular complexity index is 398. The van der Waals surface area contributed by atoms with Crippen LogP contribution in [0.2, 0.25) is 0 Å². The Balaban J connectivity index is 2.53. The van der Waals surface area contributed by atoms with E-state index in [1.54, 1.807) is 0 Å². The van der Waals surface area contributed by atoms with Crippen molar-refractivity contribution in [1.82, 2.24) is 0 Å². The van der Waals surface area contributed by atoms with Gasteiger partial charge in [-0.2, -0.15) is 0 Å². The molecule has 0 spiro atoms. The van der Waals surface area contributed by atoms with Crippen LogP contribution in [0.3, 0.4) is 0 Å². The molecule has 1 aliphatic carbocycles. The van der Waals surface area contributed by atoms with E-state index in [1.807, 2.05) is 0 Å². The summed E-state index contributed by atoms with van der Waals surface area (Å²) in [7, 11) is 0. The molecule has 1 heterocycles. The molecule has 2 aliphatic rings. The summed E-state index contributed by atoms with van der Waals surface area (Å²) in [5, 5.41) is 58.6. The number of carbonyl (C=O) groups is 2. The minimum atomic E-state index is -3.32. The van der Waals surface area contributed by atoms with E-state index in [2.05, 4.69) is 9.47 Å². The fourth-order valence-corrected chi connectivity index (χ4v) is 2.18. The zero-order valence-corrected chi connectivity index (χ0v) is 10.0. The Labute approximate surface area is 111 Å². The topological polar surface area (TPSA) is 174 Å². The Morgan fingerprint density at radius 2 is 1.10 bits per heavy atom. The standard InChI is InChI=1S/C10H14O10/c11-3-1-2-4(12)20-10(18)8(16)6(14)5(13)7(15)9(10,17)19-3/h5-8,13-18H,1-2H2/t5-,6-,7-,8+,9-,10+/m1/s1. The molecule has 0 unspecified atom stereocenters. The Morgan fingerprint density at radius 3 is 1.40 bits per heavy atom. The Hall–Kier alpha value is -1.30. The van der Waals surface area contributed by atoms with Gasteiger partial charge < -0.3 is 40.1 Å². The molecule has 0 aromatic carbocycles. The highest BCUT2D eigenvalue weighted by atomic mass is 16.8. The molecule has 1 aliphatic heterocycles. The van der Waals surface area contributed by atoms with Gasteiger partial charge in [-0.1, -0.05) is 0 Å². The first-order valence-corrected chi connectivity index (χ1v) is 5.74. The first-order chi connectivity index (χ1) is 9.13. The van der Waals surface area contributed by atoms with Crippen LogP contribution >= 0.6 is 0 Å². The monoisotopic (exact) mass is 294 g/mol. The zero-order valence-electron chi connectivity index (χ0n) is 10.0. The van der Waals surface area contributed by atoms with Gasteiger partial charge in [0.2, 0.25) is 0 Å². The summed E-state index contributed by atoms with van der Waals surface area (Å²) in [5.74, 6) is -8.98. The normalized spacial score (nSPS) is 49.5. The zero-order chi connectivity index (χ0) is 15.3. The number of ether oxygens (including phenoxy) is 2. The van der Waals surface area contributed by atoms with Crippen molar-refractivity contribution in [2.24, 2.45) is 0 Å². The molecule has 6 N–H and O–H groups in total. The van der Waals surface area contributed by atoms with Crippen LogP contribution in [0.1, 0.15) is 12.8 Å². The number of esters is 2. The summed E-state index contributed by atoms with van der Waals surface area (Å²) >= 11 is 0. The molecule has 2 fully saturated rings. The van der Waals surface area contributed by atoms with Crippen LogP contribution in [0.25, 0.3) is 0 Å². The first-order valence-electron chi connectivity index (χ1n) is 5.74. The average molecular weight is 294 g/mol. The van der Waals surface area contributed by atoms with Gasteiger partial charge in [0.1, 0.15) is 12.2 Å². The number of aliphatic hydroxyl groups excluding tert-OH is 4. The van der Waals surface area contributed by atoms with Crippen molar-refractivity contribution in [3.8, 4) is 0 Å². The van der Waals surface area contributed by atoms with Crippen LogP contribution in [0.15, 0.2) is 0 Å². The number of hydrogen-bond acceptors (Lipinski definition) is 10. The first kappa shape index (κ1) is 15.1. The van der Waals surface area contributed by atoms with Crippen molar-refractivity contribution in [1.29, 1.82) is 0 Å². The molecule has 1 saturated heterocycles. The second-order valence-electron chi connectivity index (χ2n) is 4.71. The molecular formula is C10H14O10. The summed E-state index contributed by atoms with van der Waals surface area (Å²) in [5.41, 5.74) is 0. The van der Waals surface area contributed by atoms with Crippen LogP contribution in [0.5, 0.6) is 0 Å². The lowest BCUT2D eigenvalue weighted by Crippen LogP contribution is -2.80. The third kappa shape index (κ3) is 1.89. The van der Waals surface area contributed by atoms with Gasteiger partial charge in [-0.3, -0.25) is 9.59 Å². The van der Waals surface area contributed by atoms with Crippen LogP contribution < -0.4 is 0 Å². The fraction of sp³-hybridized carbons (Fsp3) is 0.800. The van der Waals surface area contributed by atoms with Gasteiger partial charge in [-0.25, -0.2) is 0 Å². The maximum atomic E-state index is 11.4. The molecule has 10 heteroatoms. The summed E-state index contributed by atoms with van der Waals surface area (Å²) in [6.07, 6.45) is -10.1. The highest BCUT2D eigenvalue weighted by Gasteiger charge is 2.73. The van der Waals surface area contributed by atoms with Crippen molar-refractivity contribution < 1.29 is 49.7 Å². The molecular weight excluding hydrogens is 280 g/mol. The van der Waals surface area contributed by atoms with Crippen LogP contribution in [-0.2, 0) is 19.1 Å². The van der Waals surface area contributed by atoms with E-state index in [0.29, 0.717) is 0 Å². The van der Waals surface area contributed by atoms with Gasteiger partial charge in [0.25, 0.3) is 0 Å². The summed E-state index contributed by atoms with van der Waals surface area (Å²) in [6.45, 7) is 0. The summed E-state index contributed by atoms with van der Waals surface area (Å²) in [6, 6.07) is 0. The maximum Gasteiger partial charge on any atom is 0.309 e. The summed E-state index contributed by atoms with van der Waals surface area (Å²) in [4.78, 5) is 22.8. The van der Waals surface area contributed by atoms with E-state index >= 15 is 0 Å². The Morgan fingerprint density at radius 1 is 0.800 bits per heavy atom. The third-order valence-electron chi connectivity index (χ3n) is 3.38. The lowest BCUT2D eigenvalue weighted by atomic mass is 9.78. The second-order valence-corrected chi connectivity index (χ2v) is 4.71. The van der Waals surface area contributed by atoms with E-state index in [9.17, 15) is 40.2 Å². The van der Waals surface area contributed by atoms with E-state index in [4.69, 9.17) is 0 Å². The lowest BCUT2D eigenvalue weighted by molar-refractivity contribution is -0.444. The van der Waals surface area contributed by atoms with Gasteiger partial charge in [0.05, 0.1) is 12.8 Å². The molecule has 0 aromatic rings. The maximum absolute atomic E-state index is 11.4. The predicted octanol–water partition coefficient (Wildman–Crippen LogP) is -4.30. The molecule has 10 nitrogen and oxygen atoms in total. The van der Waals surface area contributed by atoms with Gasteiger partial charge in [0, 0.05) is 0 Å². The highest BCUT2D eigenvalue weighted by molar-refractivity contribution is 5.79. The van der Waals surface area contributed by atoms with Crippen LogP contribution in [-0.4, -0.2) is 78.6 Å². The molecule has 0 radical (unpaired) electrons. The van der Waals surface area contributed by atoms with E-state index in [1.165, 1.54) is 0 Å². The van der Waals surface area contributed by atoms with Gasteiger partial charge in [-0.15, -0.1) is 0 Å². The number of rotatable bonds is 0. The van der Waals surface area contributed by atoms with E-state index in [0.717, 1.165) is 0 Å². The van der Waals surface area contributed by atoms with Crippen LogP contribution in [0, 0.1) is 0 Å². The Kier molecular flexibility index (Phi) is 3.48. The van der Waals surface area contributed by atoms with Crippen molar-refractivity contribution in [3.63, 3.8) is 0 Å². The third-order valence-corrected chi connectivity index (χ3v) is 3.38. The van der Waals surface area contributed by atoms with Gasteiger partial charge in [0.15, 0.2) is 12.2 Å². The lowest BCUT2D eigenvalue weighted by Gasteiger charge is -2.52. The largest absolute Gasteiger partial charge is 0.423 e. The molecule has 0 amide bonds. The second kappa shape index (κ2) is 4.62. The molecule has 1 saturated carbocycles. The molecule has 20 heavy (non-hydrogen) atoms. The number of hydrogen-bond donors (Lipinski definition) is 6. The van der Waals surface area contributed by atoms with Gasteiger partial charge >= 0.3 is 23.5 Å². The smallest absolute Gasteiger partial charge is 0.309 e. The molecule has 0 bridgehead atoms. The predicted molar refractivity (Wildman–Crippen MR) is 55.3 cm³/mol. The number of aliphatic hydroxyl groups is 6. The van der Waals surface area contributed by atoms with Crippen LogP contribution in [0.4, 0.5) is 0 Å². The van der Waals surface area contributed by atoms with Crippen molar-refractivity contribution >= 4 is 11.9 Å². The SMILES string of the molecule is O=C1CCC(=O)O[C@]2(O)[C@H](O)[C@H](O)[C@@H](O)[C@H](O)[C@]2(O)O1. The summed E-state index contributed by atoms with van der Waals surface area (Å²) < 4.78 is 8.89. The number of carbonyl (C=O) groups excluding carboxylic acids is 2. The van der Waals surface area contributed by atoms with Gasteiger partial charge in [-0.05, 0) is 0 Å². The fourth-order valence-electron chi connectivity index (χ4n) is 2.18. The quantitative estimate of drug-likeness (QED) is 0.240. The van der Waals surface area contributed by atoms with Crippen molar-refractivity contribution in [2.45, 2.75) is 48.8 Å². The molecule has 114 valence electrons. The highest BCUT2D eigenvalue weighted by Crippen LogP contribution is 2.41. The van der Waals surface area contributed by atoms with Crippen molar-refractivity contribution in [2.75, 3.05) is 0 Å². The molecule has 2 rings (SSSR count). The van der Waals surface area contributed by atoms with Crippen molar-refractivity contribution in [3.05, 3.63) is 0 Å². The minimum absolute atomic E-state index is 0.501. The number of fused-ring (bicyclic) bond motifs is 1. The van der Waals surface area contributed by atoms with E-state index < -0.39 is 60.8 Å². The molecule has 6 atom stereocenters. The average Bonchev–Trinajstić information content (AvgIpc) is 2.39. The minimum Gasteiger partial charge on any atom is -0.423 e.